The van der Waals surface area contributed by atoms with Gasteiger partial charge in [0.25, 0.3) is 0 Å². The van der Waals surface area contributed by atoms with E-state index in [4.69, 9.17) is 10.9 Å². The minimum Gasteiger partial charge on any atom is -0.409 e. The van der Waals surface area contributed by atoms with E-state index in [2.05, 4.69) is 20.1 Å². The van der Waals surface area contributed by atoms with Crippen LogP contribution in [-0.2, 0) is 0 Å². The van der Waals surface area contributed by atoms with Gasteiger partial charge in [-0.15, -0.1) is 0 Å². The first-order valence-electron chi connectivity index (χ1n) is 5.83. The molecular formula is C13H11N5OS. The van der Waals surface area contributed by atoms with Crippen molar-refractivity contribution in [3.8, 4) is 0 Å². The molecule has 0 aliphatic rings. The zero-order valence-electron chi connectivity index (χ0n) is 10.3. The summed E-state index contributed by atoms with van der Waals surface area (Å²) in [5, 5.41) is 13.1. The molecule has 0 radical (unpaired) electrons. The topological polar surface area (TPSA) is 100 Å². The largest absolute Gasteiger partial charge is 0.409 e. The molecule has 4 N–H and O–H groups in total. The average Bonchev–Trinajstić information content (AvgIpc) is 2.89. The lowest BCUT2D eigenvalue weighted by molar-refractivity contribution is 0.318. The van der Waals surface area contributed by atoms with Gasteiger partial charge in [0.2, 0.25) is 0 Å². The van der Waals surface area contributed by atoms with Gasteiger partial charge < -0.3 is 15.9 Å². The van der Waals surface area contributed by atoms with Crippen molar-refractivity contribution in [2.24, 2.45) is 10.9 Å². The van der Waals surface area contributed by atoms with E-state index in [1.807, 2.05) is 24.3 Å². The molecule has 2 aromatic heterocycles. The number of nitrogens with two attached hydrogens (primary N) is 1. The predicted molar refractivity (Wildman–Crippen MR) is 77.0 cm³/mol. The van der Waals surface area contributed by atoms with Crippen LogP contribution in [0, 0.1) is 0 Å². The molecule has 0 atom stereocenters. The summed E-state index contributed by atoms with van der Waals surface area (Å²) in [6.07, 6.45) is 1.65. The maximum atomic E-state index is 8.80. The van der Waals surface area contributed by atoms with Gasteiger partial charge in [0.1, 0.15) is 5.03 Å². The van der Waals surface area contributed by atoms with Crippen LogP contribution in [0.4, 0.5) is 0 Å². The molecule has 3 aromatic rings. The van der Waals surface area contributed by atoms with Gasteiger partial charge in [0, 0.05) is 6.20 Å². The van der Waals surface area contributed by atoms with Crippen molar-refractivity contribution < 1.29 is 5.21 Å². The van der Waals surface area contributed by atoms with Crippen molar-refractivity contribution >= 4 is 28.6 Å². The van der Waals surface area contributed by atoms with Crippen LogP contribution < -0.4 is 5.73 Å². The number of amidine groups is 1. The van der Waals surface area contributed by atoms with Crippen molar-refractivity contribution in [2.75, 3.05) is 0 Å². The summed E-state index contributed by atoms with van der Waals surface area (Å²) in [4.78, 5) is 11.9. The number of H-pyrrole nitrogens is 1. The van der Waals surface area contributed by atoms with Gasteiger partial charge >= 0.3 is 0 Å². The van der Waals surface area contributed by atoms with Gasteiger partial charge in [-0.05, 0) is 36.0 Å². The molecule has 6 nitrogen and oxygen atoms in total. The van der Waals surface area contributed by atoms with Crippen molar-refractivity contribution in [2.45, 2.75) is 10.2 Å². The van der Waals surface area contributed by atoms with Gasteiger partial charge in [-0.2, -0.15) is 0 Å². The summed E-state index contributed by atoms with van der Waals surface area (Å²) < 4.78 is 0. The zero-order chi connectivity index (χ0) is 13.9. The molecule has 0 unspecified atom stereocenters. The molecule has 3 rings (SSSR count). The fourth-order valence-electron chi connectivity index (χ4n) is 1.79. The van der Waals surface area contributed by atoms with Crippen LogP contribution in [0.1, 0.15) is 5.56 Å². The Hall–Kier alpha value is -2.54. The van der Waals surface area contributed by atoms with Crippen LogP contribution in [0.2, 0.25) is 0 Å². The molecule has 0 spiro atoms. The highest BCUT2D eigenvalue weighted by Crippen LogP contribution is 2.27. The van der Waals surface area contributed by atoms with E-state index in [9.17, 15) is 0 Å². The zero-order valence-corrected chi connectivity index (χ0v) is 11.1. The Morgan fingerprint density at radius 2 is 2.10 bits per heavy atom. The minimum atomic E-state index is 0.0247. The highest BCUT2D eigenvalue weighted by atomic mass is 32.2. The lowest BCUT2D eigenvalue weighted by Crippen LogP contribution is -2.14. The van der Waals surface area contributed by atoms with E-state index >= 15 is 0 Å². The standard InChI is InChI=1S/C13H11N5OS/c14-11(18-19)8-4-3-7-15-12(8)20-13-16-9-5-1-2-6-10(9)17-13/h1-7,19H,(H2,14,18)(H,16,17). The first-order valence-corrected chi connectivity index (χ1v) is 6.65. The number of aromatic amines is 1. The predicted octanol–water partition coefficient (Wildman–Crippen LogP) is 2.20. The van der Waals surface area contributed by atoms with Crippen LogP contribution >= 0.6 is 11.8 Å². The third kappa shape index (κ3) is 2.30. The highest BCUT2D eigenvalue weighted by Gasteiger charge is 2.11. The highest BCUT2D eigenvalue weighted by molar-refractivity contribution is 7.99. The quantitative estimate of drug-likeness (QED) is 0.296. The second kappa shape index (κ2) is 5.22. The Bertz CT molecular complexity index is 750. The summed E-state index contributed by atoms with van der Waals surface area (Å²) in [5.74, 6) is 0.0247. The van der Waals surface area contributed by atoms with E-state index in [0.29, 0.717) is 15.7 Å². The van der Waals surface area contributed by atoms with Crippen LogP contribution in [0.25, 0.3) is 11.0 Å². The van der Waals surface area contributed by atoms with E-state index in [0.717, 1.165) is 11.0 Å². The Morgan fingerprint density at radius 3 is 2.90 bits per heavy atom. The van der Waals surface area contributed by atoms with E-state index in [-0.39, 0.29) is 5.84 Å². The third-order valence-electron chi connectivity index (χ3n) is 2.72. The molecule has 1 aromatic carbocycles. The van der Waals surface area contributed by atoms with Crippen molar-refractivity contribution in [3.05, 3.63) is 48.2 Å². The summed E-state index contributed by atoms with van der Waals surface area (Å²) in [6, 6.07) is 11.2. The minimum absolute atomic E-state index is 0.0247. The SMILES string of the molecule is N/C(=N\O)c1cccnc1Sc1nc2ccccc2[nH]1. The number of para-hydroxylation sites is 2. The molecule has 2 heterocycles. The number of rotatable bonds is 3. The second-order valence-electron chi connectivity index (χ2n) is 4.00. The Morgan fingerprint density at radius 1 is 1.25 bits per heavy atom. The van der Waals surface area contributed by atoms with E-state index < -0.39 is 0 Å². The first-order chi connectivity index (χ1) is 9.78. The number of nitrogens with zero attached hydrogens (tertiary/aromatic N) is 3. The molecule has 0 fully saturated rings. The fourth-order valence-corrected chi connectivity index (χ4v) is 2.67. The third-order valence-corrected chi connectivity index (χ3v) is 3.62. The van der Waals surface area contributed by atoms with Crippen molar-refractivity contribution in [1.82, 2.24) is 15.0 Å². The normalized spacial score (nSPS) is 11.9. The molecule has 0 aliphatic heterocycles. The molecule has 0 saturated heterocycles. The van der Waals surface area contributed by atoms with Crippen molar-refractivity contribution in [3.63, 3.8) is 0 Å². The summed E-state index contributed by atoms with van der Waals surface area (Å²) in [7, 11) is 0. The Kier molecular flexibility index (Phi) is 3.26. The monoisotopic (exact) mass is 285 g/mol. The van der Waals surface area contributed by atoms with Gasteiger partial charge in [-0.25, -0.2) is 9.97 Å². The van der Waals surface area contributed by atoms with Gasteiger partial charge in [-0.1, -0.05) is 17.3 Å². The summed E-state index contributed by atoms with van der Waals surface area (Å²) >= 11 is 1.33. The summed E-state index contributed by atoms with van der Waals surface area (Å²) in [6.45, 7) is 0. The molecule has 100 valence electrons. The maximum Gasteiger partial charge on any atom is 0.172 e. The van der Waals surface area contributed by atoms with Crippen molar-refractivity contribution in [1.29, 1.82) is 0 Å². The number of nitrogens with one attached hydrogen (secondary N) is 1. The van der Waals surface area contributed by atoms with Gasteiger partial charge in [-0.3, -0.25) is 0 Å². The summed E-state index contributed by atoms with van der Waals surface area (Å²) in [5.41, 5.74) is 8.05. The lowest BCUT2D eigenvalue weighted by Gasteiger charge is -2.04. The maximum absolute atomic E-state index is 8.80. The molecule has 0 bridgehead atoms. The lowest BCUT2D eigenvalue weighted by atomic mass is 10.3. The Labute approximate surface area is 118 Å². The Balaban J connectivity index is 1.99. The first kappa shape index (κ1) is 12.5. The number of fused-ring (bicyclic) bond motifs is 1. The molecule has 0 amide bonds. The number of oxime groups is 1. The molecule has 0 saturated carbocycles. The van der Waals surface area contributed by atoms with Crippen LogP contribution in [0.15, 0.2) is 57.9 Å². The van der Waals surface area contributed by atoms with Gasteiger partial charge in [0.15, 0.2) is 11.0 Å². The fraction of sp³-hybridized carbons (Fsp3) is 0. The van der Waals surface area contributed by atoms with Crippen LogP contribution in [0.3, 0.4) is 0 Å². The number of aromatic nitrogens is 3. The molecule has 0 aliphatic carbocycles. The number of pyridine rings is 1. The number of hydrogen-bond acceptors (Lipinski definition) is 5. The van der Waals surface area contributed by atoms with Gasteiger partial charge in [0.05, 0.1) is 16.6 Å². The average molecular weight is 285 g/mol. The van der Waals surface area contributed by atoms with Crippen LogP contribution in [0.5, 0.6) is 0 Å². The van der Waals surface area contributed by atoms with Crippen LogP contribution in [-0.4, -0.2) is 26.0 Å². The molecule has 7 heteroatoms. The smallest absolute Gasteiger partial charge is 0.172 e. The van der Waals surface area contributed by atoms with E-state index in [1.54, 1.807) is 18.3 Å². The number of hydrogen-bond donors (Lipinski definition) is 3. The second-order valence-corrected chi connectivity index (χ2v) is 4.98. The number of imidazole rings is 1. The number of benzene rings is 1. The van der Waals surface area contributed by atoms with E-state index in [1.165, 1.54) is 11.8 Å². The molecular weight excluding hydrogens is 274 g/mol. The molecule has 20 heavy (non-hydrogen) atoms.